The second-order valence-corrected chi connectivity index (χ2v) is 41.1. The van der Waals surface area contributed by atoms with Gasteiger partial charge in [-0.3, -0.25) is 0 Å². The molecule has 18 N–H and O–H groups in total. The monoisotopic (exact) mass is 1490 g/mol. The summed E-state index contributed by atoms with van der Waals surface area (Å²) in [6.45, 7) is 28.4. The molecule has 568 valence electrons. The summed E-state index contributed by atoms with van der Waals surface area (Å²) < 4.78 is 97.6. The van der Waals surface area contributed by atoms with Crippen LogP contribution in [0.3, 0.4) is 0 Å². The van der Waals surface area contributed by atoms with Crippen LogP contribution < -0.4 is 34.4 Å². The molecule has 0 aliphatic heterocycles. The van der Waals surface area contributed by atoms with Gasteiger partial charge in [0, 0.05) is 172 Å². The predicted molar refractivity (Wildman–Crippen MR) is 380 cm³/mol. The van der Waals surface area contributed by atoms with Crippen LogP contribution in [0.1, 0.15) is 94.4 Å². The smallest absolute Gasteiger partial charge is 0.390 e. The first-order chi connectivity index (χ1) is 43.3. The van der Waals surface area contributed by atoms with Crippen molar-refractivity contribution in [3.05, 3.63) is 0 Å². The molecule has 0 aliphatic rings. The third kappa shape index (κ3) is 66.3. The Kier molecular flexibility index (Phi) is 84.0. The maximum atomic E-state index is 8.34. The van der Waals surface area contributed by atoms with Gasteiger partial charge in [-0.2, -0.15) is 0 Å². The topological polar surface area (TPSA) is 450 Å². The average molecular weight is 1490 g/mol. The molecule has 0 aliphatic carbocycles. The van der Waals surface area contributed by atoms with E-state index in [1.165, 1.54) is 0 Å². The van der Waals surface area contributed by atoms with Crippen molar-refractivity contribution in [2.24, 2.45) is 34.4 Å². The van der Waals surface area contributed by atoms with Gasteiger partial charge in [0.15, 0.2) is 0 Å². The highest BCUT2D eigenvalue weighted by Gasteiger charge is 2.42. The summed E-state index contributed by atoms with van der Waals surface area (Å²) in [7, 11) is 1.03. The first-order valence-corrected chi connectivity index (χ1v) is 47.5. The predicted octanol–water partition coefficient (Wildman–Crippen LogP) is 1.33. The third-order valence-corrected chi connectivity index (χ3v) is 31.5. The van der Waals surface area contributed by atoms with E-state index in [1.54, 1.807) is 64.0 Å². The first-order valence-electron chi connectivity index (χ1n) is 31.9. The molecule has 0 saturated carbocycles. The fourth-order valence-corrected chi connectivity index (χ4v) is 21.0. The van der Waals surface area contributed by atoms with Crippen LogP contribution >= 0.6 is 0 Å². The van der Waals surface area contributed by atoms with Crippen molar-refractivity contribution in [2.75, 3.05) is 204 Å². The number of hydrogen-bond donors (Lipinski definition) is 12. The van der Waals surface area contributed by atoms with Crippen LogP contribution in [-0.4, -0.2) is 313 Å². The molecule has 92 heavy (non-hydrogen) atoms. The van der Waals surface area contributed by atoms with Crippen LogP contribution in [0.5, 0.6) is 0 Å². The van der Waals surface area contributed by atoms with Gasteiger partial charge in [0.1, 0.15) is 0 Å². The van der Waals surface area contributed by atoms with E-state index in [0.717, 1.165) is 62.9 Å². The van der Waals surface area contributed by atoms with Gasteiger partial charge in [-0.05, 0) is 175 Å². The Labute approximate surface area is 567 Å². The summed E-state index contributed by atoms with van der Waals surface area (Å²) in [4.78, 5) is 53.9. The molecule has 0 rings (SSSR count). The Bertz CT molecular complexity index is 1370. The lowest BCUT2D eigenvalue weighted by Crippen LogP contribution is -2.47. The van der Waals surface area contributed by atoms with Crippen molar-refractivity contribution >= 4 is 70.4 Å². The maximum Gasteiger partial charge on any atom is 0.502 e. The van der Waals surface area contributed by atoms with Gasteiger partial charge in [0.25, 0.3) is 0 Å². The Balaban J connectivity index is -0.000000148. The van der Waals surface area contributed by atoms with Crippen LogP contribution in [0.15, 0.2) is 0 Å². The largest absolute Gasteiger partial charge is 0.502 e. The highest BCUT2D eigenvalue weighted by Crippen LogP contribution is 2.20. The number of hydrogen-bond acceptors (Lipinski definition) is 32. The van der Waals surface area contributed by atoms with Crippen molar-refractivity contribution in [1.82, 2.24) is 9.80 Å². The van der Waals surface area contributed by atoms with Gasteiger partial charge < -0.3 is 153 Å². The van der Waals surface area contributed by atoms with Crippen LogP contribution in [0, 0.1) is 0 Å². The van der Waals surface area contributed by atoms with Crippen molar-refractivity contribution in [3.63, 3.8) is 0 Å². The van der Waals surface area contributed by atoms with E-state index in [4.69, 9.17) is 143 Å². The van der Waals surface area contributed by atoms with Crippen molar-refractivity contribution < 1.29 is 108 Å². The Morgan fingerprint density at radius 2 is 0.413 bits per heavy atom. The van der Waals surface area contributed by atoms with Gasteiger partial charge in [-0.15, -0.1) is 0 Å². The van der Waals surface area contributed by atoms with Crippen LogP contribution in [-0.2, 0) is 79.7 Å². The second kappa shape index (κ2) is 71.3. The van der Waals surface area contributed by atoms with E-state index in [0.29, 0.717) is 111 Å². The van der Waals surface area contributed by atoms with Crippen LogP contribution in [0.4, 0.5) is 0 Å². The summed E-state index contributed by atoms with van der Waals surface area (Å²) in [5.41, 5.74) is 31.6. The zero-order chi connectivity index (χ0) is 73.1. The lowest BCUT2D eigenvalue weighted by molar-refractivity contribution is 0.0697. The molecule has 32 nitrogen and oxygen atoms in total. The van der Waals surface area contributed by atoms with Crippen LogP contribution in [0.2, 0.25) is 48.4 Å². The van der Waals surface area contributed by atoms with Crippen molar-refractivity contribution in [1.29, 1.82) is 0 Å². The molecule has 40 heteroatoms. The molecule has 0 fully saturated rings. The maximum absolute atomic E-state index is 8.34. The first kappa shape index (κ1) is 108. The summed E-state index contributed by atoms with van der Waals surface area (Å²) in [6, 6.07) is 4.71. The highest BCUT2D eigenvalue weighted by atomic mass is 28.4. The number of nitrogens with zero attached hydrogens (tertiary/aromatic N) is 2. The van der Waals surface area contributed by atoms with Gasteiger partial charge in [0.05, 0.1) is 0 Å². The van der Waals surface area contributed by atoms with Crippen molar-refractivity contribution in [2.45, 2.75) is 143 Å². The van der Waals surface area contributed by atoms with Crippen molar-refractivity contribution in [3.8, 4) is 0 Å². The average Bonchev–Trinajstić information content (AvgIpc) is 1.17. The lowest BCUT2D eigenvalue weighted by Gasteiger charge is -2.28. The lowest BCUT2D eigenvalue weighted by atomic mass is 10.5. The molecule has 0 aromatic carbocycles. The third-order valence-electron chi connectivity index (χ3n) is 11.7. The molecule has 0 heterocycles. The molecule has 0 saturated heterocycles. The molecule has 0 amide bonds. The molecule has 0 spiro atoms. The van der Waals surface area contributed by atoms with E-state index in [-0.39, 0.29) is 18.6 Å². The normalized spacial score (nSPS) is 12.1. The molecule has 0 unspecified atom stereocenters. The van der Waals surface area contributed by atoms with E-state index in [9.17, 15) is 0 Å². The van der Waals surface area contributed by atoms with Gasteiger partial charge in [0.2, 0.25) is 0 Å². The van der Waals surface area contributed by atoms with Crippen LogP contribution in [0.25, 0.3) is 0 Å². The summed E-state index contributed by atoms with van der Waals surface area (Å²) >= 11 is 0. The zero-order valence-electron chi connectivity index (χ0n) is 61.6. The van der Waals surface area contributed by atoms with Gasteiger partial charge in [-0.25, -0.2) is 0 Å². The Morgan fingerprint density at radius 1 is 0.239 bits per heavy atom. The quantitative estimate of drug-likeness (QED) is 0.0382. The second-order valence-electron chi connectivity index (χ2n) is 19.5. The minimum atomic E-state index is -3.78. The zero-order valence-corrected chi connectivity index (χ0v) is 69.6. The van der Waals surface area contributed by atoms with Gasteiger partial charge >= 0.3 is 70.4 Å². The Morgan fingerprint density at radius 3 is 0.565 bits per heavy atom. The molecule has 0 atom stereocenters. The van der Waals surface area contributed by atoms with Gasteiger partial charge in [-0.1, -0.05) is 0 Å². The summed E-state index contributed by atoms with van der Waals surface area (Å²) in [5.74, 6) is 0. The van der Waals surface area contributed by atoms with E-state index in [1.807, 2.05) is 62.3 Å². The standard InChI is InChI=1S/C11H27NO3Si.C9H23NO3Si.2C8H21NO3Si.C6H17NO3Si.C5H15NO3Si.C3H11NO3Si.C2H9NO3Si/c1-6-13-16(14-7-2,15-8-3)11-9-10-12(4)5;1-4-11-14(12-5-2,13-6-3)9-7-8-10;1-9(2)7-6-8-13(10-3,11-4)12-5;1-4-10-13(8-7-9,11-5-2)12-6-3;1-8-11(9-2,10-3)6-4-5-7;1-7-10(8-2,9-3)5-4-6;4-2-1-3-8(5,6)7;3-1-2-7(4,5)6/h6-11H2,1-5H3;4-10H2,1-3H3;6-8H2,1-5H3;4-9H2,1-3H3;4-7H2,1-3H3;4-6H2,1-3H3;5-7H,1-4H2;4-6H,1-3H2. The van der Waals surface area contributed by atoms with E-state index >= 15 is 0 Å². The molecule has 0 aromatic rings. The SMILES string of the molecule is CCO[Si](CCCN(C)C)(OCC)OCC.CCO[Si](CCCN)(OCC)OCC.CCO[Si](CCN)(OCC)OCC.CO[Si](CCCN(C)C)(OC)OC.CO[Si](CCCN)(OC)OC.CO[Si](CCN)(OC)OC.NCCC[Si](O)(O)O.NCC[Si](O)(O)O. The van der Waals surface area contributed by atoms with E-state index < -0.39 is 70.4 Å². The van der Waals surface area contributed by atoms with E-state index in [2.05, 4.69) is 38.0 Å². The fourth-order valence-electron chi connectivity index (χ4n) is 7.42. The fraction of sp³-hybridized carbons (Fsp3) is 1.00. The minimum absolute atomic E-state index is 0.0451. The number of rotatable bonds is 50. The molecule has 0 bridgehead atoms. The minimum Gasteiger partial charge on any atom is -0.390 e. The summed E-state index contributed by atoms with van der Waals surface area (Å²) in [5, 5.41) is 0. The number of nitrogens with two attached hydrogens (primary N) is 6. The Hall–Kier alpha value is 0.455. The molecular formula is C52H144N8O24Si8. The summed E-state index contributed by atoms with van der Waals surface area (Å²) in [6.07, 6.45) is 4.33. The highest BCUT2D eigenvalue weighted by molar-refractivity contribution is 6.62. The molecular weight excluding hydrogens is 1350 g/mol. The molecule has 0 aromatic heterocycles. The molecule has 0 radical (unpaired) electrons.